The lowest BCUT2D eigenvalue weighted by Gasteiger charge is -2.09. The Morgan fingerprint density at radius 1 is 1.20 bits per heavy atom. The van der Waals surface area contributed by atoms with E-state index in [1.165, 1.54) is 6.33 Å². The van der Waals surface area contributed by atoms with Crippen LogP contribution in [0.15, 0.2) is 53.6 Å². The Hall–Kier alpha value is -2.62. The summed E-state index contributed by atoms with van der Waals surface area (Å²) < 4.78 is 5.83. The largest absolute Gasteiger partial charge is 0.487 e. The Bertz CT molecular complexity index is 794. The molecule has 0 radical (unpaired) electrons. The van der Waals surface area contributed by atoms with Crippen molar-refractivity contribution >= 4 is 10.9 Å². The fourth-order valence-electron chi connectivity index (χ4n) is 2.13. The monoisotopic (exact) mass is 266 g/mol. The van der Waals surface area contributed by atoms with Crippen molar-refractivity contribution in [1.29, 1.82) is 0 Å². The number of aromatic amines is 1. The zero-order chi connectivity index (χ0) is 13.9. The van der Waals surface area contributed by atoms with Crippen molar-refractivity contribution in [1.82, 2.24) is 9.97 Å². The molecule has 2 aromatic carbocycles. The summed E-state index contributed by atoms with van der Waals surface area (Å²) in [5, 5.41) is 0.551. The van der Waals surface area contributed by atoms with Gasteiger partial charge in [0.25, 0.3) is 5.56 Å². The molecule has 100 valence electrons. The molecule has 0 spiro atoms. The third kappa shape index (κ3) is 2.40. The molecular formula is C16H14N2O2. The van der Waals surface area contributed by atoms with E-state index in [0.717, 1.165) is 11.1 Å². The first-order valence-corrected chi connectivity index (χ1v) is 6.39. The molecule has 0 amide bonds. The minimum absolute atomic E-state index is 0.150. The predicted octanol–water partition coefficient (Wildman–Crippen LogP) is 2.81. The Kier molecular flexibility index (Phi) is 3.21. The maximum absolute atomic E-state index is 11.8. The van der Waals surface area contributed by atoms with E-state index in [-0.39, 0.29) is 5.56 Å². The van der Waals surface area contributed by atoms with E-state index >= 15 is 0 Å². The van der Waals surface area contributed by atoms with Crippen LogP contribution in [0.2, 0.25) is 0 Å². The second kappa shape index (κ2) is 5.17. The van der Waals surface area contributed by atoms with Crippen LogP contribution in [-0.4, -0.2) is 9.97 Å². The van der Waals surface area contributed by atoms with Crippen LogP contribution >= 0.6 is 0 Å². The first-order valence-electron chi connectivity index (χ1n) is 6.39. The van der Waals surface area contributed by atoms with Crippen LogP contribution in [0.1, 0.15) is 11.1 Å². The average molecular weight is 266 g/mol. The third-order valence-electron chi connectivity index (χ3n) is 3.09. The minimum atomic E-state index is -0.150. The van der Waals surface area contributed by atoms with Gasteiger partial charge in [-0.3, -0.25) is 4.79 Å². The Labute approximate surface area is 116 Å². The molecule has 0 aliphatic carbocycles. The van der Waals surface area contributed by atoms with Crippen molar-refractivity contribution < 1.29 is 4.74 Å². The van der Waals surface area contributed by atoms with E-state index in [2.05, 4.69) is 9.97 Å². The number of nitrogens with zero attached hydrogens (tertiary/aromatic N) is 1. The molecule has 20 heavy (non-hydrogen) atoms. The Balaban J connectivity index is 1.99. The number of nitrogens with one attached hydrogen (secondary N) is 1. The van der Waals surface area contributed by atoms with Crippen molar-refractivity contribution in [2.75, 3.05) is 0 Å². The molecule has 0 fully saturated rings. The summed E-state index contributed by atoms with van der Waals surface area (Å²) >= 11 is 0. The Morgan fingerprint density at radius 2 is 2.00 bits per heavy atom. The molecule has 0 atom stereocenters. The van der Waals surface area contributed by atoms with Gasteiger partial charge in [-0.25, -0.2) is 4.98 Å². The van der Waals surface area contributed by atoms with Gasteiger partial charge in [0, 0.05) is 0 Å². The molecule has 4 heteroatoms. The first kappa shape index (κ1) is 12.4. The van der Waals surface area contributed by atoms with Crippen LogP contribution in [0.5, 0.6) is 5.75 Å². The lowest BCUT2D eigenvalue weighted by atomic mass is 10.1. The number of hydrogen-bond donors (Lipinski definition) is 1. The van der Waals surface area contributed by atoms with Gasteiger partial charge in [0.05, 0.1) is 11.7 Å². The summed E-state index contributed by atoms with van der Waals surface area (Å²) in [5.41, 5.74) is 2.49. The van der Waals surface area contributed by atoms with Gasteiger partial charge in [-0.1, -0.05) is 30.3 Å². The van der Waals surface area contributed by atoms with Crippen LogP contribution in [0, 0.1) is 6.92 Å². The van der Waals surface area contributed by atoms with Crippen LogP contribution in [0.25, 0.3) is 10.9 Å². The van der Waals surface area contributed by atoms with Crippen LogP contribution in [0.4, 0.5) is 0 Å². The van der Waals surface area contributed by atoms with Gasteiger partial charge in [-0.05, 0) is 30.2 Å². The van der Waals surface area contributed by atoms with Crippen molar-refractivity contribution in [2.24, 2.45) is 0 Å². The van der Waals surface area contributed by atoms with Gasteiger partial charge in [0.15, 0.2) is 0 Å². The van der Waals surface area contributed by atoms with Gasteiger partial charge in [-0.2, -0.15) is 0 Å². The number of aryl methyl sites for hydroxylation is 1. The zero-order valence-electron chi connectivity index (χ0n) is 11.1. The second-order valence-corrected chi connectivity index (χ2v) is 4.67. The van der Waals surface area contributed by atoms with Crippen molar-refractivity contribution in [3.8, 4) is 5.75 Å². The zero-order valence-corrected chi connectivity index (χ0v) is 11.1. The molecule has 0 aliphatic rings. The topological polar surface area (TPSA) is 55.0 Å². The van der Waals surface area contributed by atoms with Gasteiger partial charge >= 0.3 is 0 Å². The van der Waals surface area contributed by atoms with Gasteiger partial charge < -0.3 is 9.72 Å². The summed E-state index contributed by atoms with van der Waals surface area (Å²) in [6.45, 7) is 2.38. The normalized spacial score (nSPS) is 10.7. The number of H-pyrrole nitrogens is 1. The molecule has 0 saturated carbocycles. The van der Waals surface area contributed by atoms with E-state index in [4.69, 9.17) is 4.74 Å². The van der Waals surface area contributed by atoms with E-state index in [0.29, 0.717) is 23.3 Å². The fraction of sp³-hybridized carbons (Fsp3) is 0.125. The second-order valence-electron chi connectivity index (χ2n) is 4.67. The number of benzene rings is 2. The average Bonchev–Trinajstić information content (AvgIpc) is 2.47. The highest BCUT2D eigenvalue weighted by molar-refractivity contribution is 5.84. The fourth-order valence-corrected chi connectivity index (χ4v) is 2.13. The predicted molar refractivity (Wildman–Crippen MR) is 77.9 cm³/mol. The van der Waals surface area contributed by atoms with E-state index in [1.807, 2.05) is 49.4 Å². The molecule has 3 rings (SSSR count). The molecule has 0 saturated heterocycles. The molecule has 1 heterocycles. The van der Waals surface area contributed by atoms with Crippen molar-refractivity contribution in [2.45, 2.75) is 13.5 Å². The number of fused-ring (bicyclic) bond motifs is 1. The van der Waals surface area contributed by atoms with Crippen LogP contribution in [-0.2, 0) is 6.61 Å². The quantitative estimate of drug-likeness (QED) is 0.793. The summed E-state index contributed by atoms with van der Waals surface area (Å²) in [6.07, 6.45) is 1.40. The molecular weight excluding hydrogens is 252 g/mol. The lowest BCUT2D eigenvalue weighted by molar-refractivity contribution is 0.309. The van der Waals surface area contributed by atoms with E-state index < -0.39 is 0 Å². The molecule has 3 aromatic rings. The molecule has 4 nitrogen and oxygen atoms in total. The summed E-state index contributed by atoms with van der Waals surface area (Å²) in [4.78, 5) is 18.6. The standard InChI is InChI=1S/C16H14N2O2/c1-11-7-13-15(17-10-18-16(13)19)14(8-11)20-9-12-5-3-2-4-6-12/h2-8,10H,9H2,1H3,(H,17,18,19). The molecule has 0 aliphatic heterocycles. The van der Waals surface area contributed by atoms with Gasteiger partial charge in [0.2, 0.25) is 0 Å². The maximum atomic E-state index is 11.8. The highest BCUT2D eigenvalue weighted by Gasteiger charge is 2.08. The first-order chi connectivity index (χ1) is 9.74. The summed E-state index contributed by atoms with van der Waals surface area (Å²) in [7, 11) is 0. The number of rotatable bonds is 3. The highest BCUT2D eigenvalue weighted by Crippen LogP contribution is 2.24. The molecule has 1 N–H and O–H groups in total. The molecule has 0 bridgehead atoms. The Morgan fingerprint density at radius 3 is 2.80 bits per heavy atom. The number of hydrogen-bond acceptors (Lipinski definition) is 3. The van der Waals surface area contributed by atoms with Crippen molar-refractivity contribution in [3.05, 3.63) is 70.3 Å². The van der Waals surface area contributed by atoms with Gasteiger partial charge in [0.1, 0.15) is 17.9 Å². The van der Waals surface area contributed by atoms with Crippen LogP contribution < -0.4 is 10.3 Å². The van der Waals surface area contributed by atoms with E-state index in [9.17, 15) is 4.79 Å². The van der Waals surface area contributed by atoms with E-state index in [1.54, 1.807) is 0 Å². The van der Waals surface area contributed by atoms with Gasteiger partial charge in [-0.15, -0.1) is 0 Å². The van der Waals surface area contributed by atoms with Crippen molar-refractivity contribution in [3.63, 3.8) is 0 Å². The van der Waals surface area contributed by atoms with Crippen LogP contribution in [0.3, 0.4) is 0 Å². The molecule has 1 aromatic heterocycles. The third-order valence-corrected chi connectivity index (χ3v) is 3.09. The number of ether oxygens (including phenoxy) is 1. The maximum Gasteiger partial charge on any atom is 0.258 e. The molecule has 0 unspecified atom stereocenters. The summed E-state index contributed by atoms with van der Waals surface area (Å²) in [6, 6.07) is 13.6. The smallest absolute Gasteiger partial charge is 0.258 e. The minimum Gasteiger partial charge on any atom is -0.487 e. The SMILES string of the molecule is Cc1cc(OCc2ccccc2)c2nc[nH]c(=O)c2c1. The number of aromatic nitrogens is 2. The lowest BCUT2D eigenvalue weighted by Crippen LogP contribution is -2.07. The summed E-state index contributed by atoms with van der Waals surface area (Å²) in [5.74, 6) is 0.634. The highest BCUT2D eigenvalue weighted by atomic mass is 16.5.